The number of nitrogens with zero attached hydrogens (tertiary/aromatic N) is 1. The fraction of sp³-hybridized carbons (Fsp3) is 0.231. The lowest BCUT2D eigenvalue weighted by molar-refractivity contribution is 0.0940. The molecule has 1 atom stereocenters. The molecule has 0 aliphatic heterocycles. The predicted molar refractivity (Wildman–Crippen MR) is 80.5 cm³/mol. The largest absolute Gasteiger partial charge is 0.345 e. The Hall–Kier alpha value is -1.77. The van der Waals surface area contributed by atoms with Crippen molar-refractivity contribution in [2.24, 2.45) is 5.14 Å². The summed E-state index contributed by atoms with van der Waals surface area (Å²) in [5.74, 6) is -0.237. The van der Waals surface area contributed by atoms with Gasteiger partial charge in [-0.15, -0.1) is 11.3 Å². The van der Waals surface area contributed by atoms with Gasteiger partial charge in [0.15, 0.2) is 0 Å². The van der Waals surface area contributed by atoms with Crippen LogP contribution >= 0.6 is 11.3 Å². The Balaban J connectivity index is 2.13. The van der Waals surface area contributed by atoms with E-state index in [-0.39, 0.29) is 16.2 Å². The molecule has 0 saturated carbocycles. The van der Waals surface area contributed by atoms with Crippen LogP contribution in [0.2, 0.25) is 0 Å². The monoisotopic (exact) mass is 325 g/mol. The van der Waals surface area contributed by atoms with Crippen LogP contribution in [0.25, 0.3) is 0 Å². The van der Waals surface area contributed by atoms with Gasteiger partial charge < -0.3 is 5.32 Å². The van der Waals surface area contributed by atoms with Crippen LogP contribution in [0.5, 0.6) is 0 Å². The average molecular weight is 325 g/mol. The Bertz CT molecular complexity index is 768. The number of rotatable bonds is 4. The summed E-state index contributed by atoms with van der Waals surface area (Å²) in [7, 11) is -3.70. The lowest BCUT2D eigenvalue weighted by atomic mass is 10.2. The van der Waals surface area contributed by atoms with E-state index in [2.05, 4.69) is 10.3 Å². The highest BCUT2D eigenvalue weighted by molar-refractivity contribution is 7.91. The van der Waals surface area contributed by atoms with Crippen molar-refractivity contribution in [2.45, 2.75) is 24.1 Å². The topological polar surface area (TPSA) is 102 Å². The quantitative estimate of drug-likeness (QED) is 0.891. The number of pyridine rings is 1. The fourth-order valence-corrected chi connectivity index (χ4v) is 3.51. The second-order valence-electron chi connectivity index (χ2n) is 4.58. The van der Waals surface area contributed by atoms with E-state index < -0.39 is 10.0 Å². The van der Waals surface area contributed by atoms with Crippen molar-refractivity contribution >= 4 is 27.3 Å². The Morgan fingerprint density at radius 3 is 2.67 bits per heavy atom. The predicted octanol–water partition coefficient (Wildman–Crippen LogP) is 1.59. The molecule has 0 aliphatic rings. The van der Waals surface area contributed by atoms with Crippen LogP contribution in [0.4, 0.5) is 0 Å². The van der Waals surface area contributed by atoms with Gasteiger partial charge in [-0.25, -0.2) is 13.6 Å². The smallest absolute Gasteiger partial charge is 0.251 e. The standard InChI is InChI=1S/C13H15N3O3S2/c1-8-7-10(5-6-15-8)13(17)16-9(2)11-3-4-12(20-11)21(14,18)19/h3-7,9H,1-2H3,(H,16,17)(H2,14,18,19). The van der Waals surface area contributed by atoms with E-state index in [0.29, 0.717) is 5.56 Å². The van der Waals surface area contributed by atoms with Gasteiger partial charge in [0.1, 0.15) is 4.21 Å². The summed E-state index contributed by atoms with van der Waals surface area (Å²) >= 11 is 1.05. The van der Waals surface area contributed by atoms with E-state index in [4.69, 9.17) is 5.14 Å². The lowest BCUT2D eigenvalue weighted by Gasteiger charge is -2.12. The van der Waals surface area contributed by atoms with Gasteiger partial charge in [-0.3, -0.25) is 9.78 Å². The third-order valence-electron chi connectivity index (χ3n) is 2.82. The van der Waals surface area contributed by atoms with Crippen molar-refractivity contribution in [3.8, 4) is 0 Å². The van der Waals surface area contributed by atoms with E-state index in [0.717, 1.165) is 21.9 Å². The number of nitrogens with one attached hydrogen (secondary N) is 1. The van der Waals surface area contributed by atoms with E-state index in [1.165, 1.54) is 6.07 Å². The summed E-state index contributed by atoms with van der Waals surface area (Å²) < 4.78 is 22.6. The molecule has 2 aromatic heterocycles. The van der Waals surface area contributed by atoms with Crippen LogP contribution in [-0.2, 0) is 10.0 Å². The number of hydrogen-bond acceptors (Lipinski definition) is 5. The maximum Gasteiger partial charge on any atom is 0.251 e. The van der Waals surface area contributed by atoms with E-state index in [1.54, 1.807) is 38.2 Å². The number of carbonyl (C=O) groups is 1. The highest BCUT2D eigenvalue weighted by Gasteiger charge is 2.17. The number of carbonyl (C=O) groups excluding carboxylic acids is 1. The van der Waals surface area contributed by atoms with Gasteiger partial charge in [0.25, 0.3) is 5.91 Å². The number of aromatic nitrogens is 1. The van der Waals surface area contributed by atoms with E-state index >= 15 is 0 Å². The Labute approximate surface area is 127 Å². The molecule has 0 spiro atoms. The summed E-state index contributed by atoms with van der Waals surface area (Å²) in [5, 5.41) is 7.88. The zero-order valence-corrected chi connectivity index (χ0v) is 13.2. The summed E-state index contributed by atoms with van der Waals surface area (Å²) in [6, 6.07) is 6.08. The second-order valence-corrected chi connectivity index (χ2v) is 7.49. The molecule has 2 rings (SSSR count). The van der Waals surface area contributed by atoms with Crippen LogP contribution in [0, 0.1) is 6.92 Å². The molecule has 1 amide bonds. The molecule has 8 heteroatoms. The lowest BCUT2D eigenvalue weighted by Crippen LogP contribution is -2.26. The molecular formula is C13H15N3O3S2. The van der Waals surface area contributed by atoms with Crippen molar-refractivity contribution < 1.29 is 13.2 Å². The van der Waals surface area contributed by atoms with Crippen LogP contribution in [0.15, 0.2) is 34.7 Å². The molecule has 0 fully saturated rings. The Morgan fingerprint density at radius 2 is 2.10 bits per heavy atom. The first-order valence-corrected chi connectivity index (χ1v) is 8.49. The minimum Gasteiger partial charge on any atom is -0.345 e. The minimum atomic E-state index is -3.70. The van der Waals surface area contributed by atoms with Gasteiger partial charge in [-0.2, -0.15) is 0 Å². The SMILES string of the molecule is Cc1cc(C(=O)NC(C)c2ccc(S(N)(=O)=O)s2)ccn1. The van der Waals surface area contributed by atoms with Crippen LogP contribution < -0.4 is 10.5 Å². The Kier molecular flexibility index (Phi) is 4.40. The molecule has 2 aromatic rings. The van der Waals surface area contributed by atoms with Crippen LogP contribution in [0.3, 0.4) is 0 Å². The molecule has 1 unspecified atom stereocenters. The number of aryl methyl sites for hydroxylation is 1. The van der Waals surface area contributed by atoms with Gasteiger partial charge in [0, 0.05) is 22.3 Å². The molecule has 0 saturated heterocycles. The highest BCUT2D eigenvalue weighted by atomic mass is 32.2. The molecule has 21 heavy (non-hydrogen) atoms. The molecule has 0 radical (unpaired) electrons. The molecule has 3 N–H and O–H groups in total. The molecule has 6 nitrogen and oxygen atoms in total. The zero-order chi connectivity index (χ0) is 15.6. The van der Waals surface area contributed by atoms with Gasteiger partial charge in [-0.1, -0.05) is 0 Å². The normalized spacial score (nSPS) is 12.9. The van der Waals surface area contributed by atoms with Crippen molar-refractivity contribution in [1.82, 2.24) is 10.3 Å². The molecule has 2 heterocycles. The molecule has 0 bridgehead atoms. The van der Waals surface area contributed by atoms with Crippen LogP contribution in [-0.4, -0.2) is 19.3 Å². The van der Waals surface area contributed by atoms with Gasteiger partial charge >= 0.3 is 0 Å². The van der Waals surface area contributed by atoms with Gasteiger partial charge in [-0.05, 0) is 38.1 Å². The fourth-order valence-electron chi connectivity index (χ4n) is 1.76. The summed E-state index contributed by atoms with van der Waals surface area (Å²) in [5.41, 5.74) is 1.26. The van der Waals surface area contributed by atoms with E-state index in [1.807, 2.05) is 0 Å². The van der Waals surface area contributed by atoms with Crippen LogP contribution in [0.1, 0.15) is 33.9 Å². The number of amides is 1. The molecule has 112 valence electrons. The molecule has 0 aliphatic carbocycles. The van der Waals surface area contributed by atoms with E-state index in [9.17, 15) is 13.2 Å². The first-order chi connectivity index (χ1) is 9.77. The minimum absolute atomic E-state index is 0.0818. The number of hydrogen-bond donors (Lipinski definition) is 2. The van der Waals surface area contributed by atoms with Crippen molar-refractivity contribution in [2.75, 3.05) is 0 Å². The number of thiophene rings is 1. The number of sulfonamides is 1. The Morgan fingerprint density at radius 1 is 1.38 bits per heavy atom. The molecular weight excluding hydrogens is 310 g/mol. The van der Waals surface area contributed by atoms with Crippen molar-refractivity contribution in [3.05, 3.63) is 46.6 Å². The third kappa shape index (κ3) is 3.87. The average Bonchev–Trinajstić information content (AvgIpc) is 2.88. The zero-order valence-electron chi connectivity index (χ0n) is 11.5. The molecule has 0 aromatic carbocycles. The third-order valence-corrected chi connectivity index (χ3v) is 5.52. The summed E-state index contributed by atoms with van der Waals surface area (Å²) in [6.45, 7) is 3.59. The summed E-state index contributed by atoms with van der Waals surface area (Å²) in [6.07, 6.45) is 1.57. The van der Waals surface area contributed by atoms with Crippen molar-refractivity contribution in [1.29, 1.82) is 0 Å². The first kappa shape index (κ1) is 15.6. The first-order valence-electron chi connectivity index (χ1n) is 6.13. The second kappa shape index (κ2) is 5.92. The number of primary sulfonamides is 1. The summed E-state index contributed by atoms with van der Waals surface area (Å²) in [4.78, 5) is 16.9. The maximum atomic E-state index is 12.1. The number of nitrogens with two attached hydrogens (primary N) is 1. The highest BCUT2D eigenvalue weighted by Crippen LogP contribution is 2.25. The van der Waals surface area contributed by atoms with Gasteiger partial charge in [0.05, 0.1) is 6.04 Å². The maximum absolute atomic E-state index is 12.1. The van der Waals surface area contributed by atoms with Crippen molar-refractivity contribution in [3.63, 3.8) is 0 Å². The van der Waals surface area contributed by atoms with Gasteiger partial charge in [0.2, 0.25) is 10.0 Å².